The zero-order valence-corrected chi connectivity index (χ0v) is 13.9. The molecule has 3 N–H and O–H groups in total. The quantitative estimate of drug-likeness (QED) is 0.910. The molecule has 0 saturated heterocycles. The summed E-state index contributed by atoms with van der Waals surface area (Å²) in [5.74, 6) is -0.105. The van der Waals surface area contributed by atoms with Gasteiger partial charge < -0.3 is 11.1 Å². The normalized spacial score (nSPS) is 19.7. The molecule has 118 valence electrons. The van der Waals surface area contributed by atoms with Gasteiger partial charge in [-0.1, -0.05) is 30.3 Å². The van der Waals surface area contributed by atoms with Crippen LogP contribution in [0, 0.1) is 11.3 Å². The van der Waals surface area contributed by atoms with E-state index in [1.807, 2.05) is 37.3 Å². The Morgan fingerprint density at radius 1 is 1.43 bits per heavy atom. The number of carbonyl (C=O) groups excluding carboxylic acids is 1. The van der Waals surface area contributed by atoms with E-state index >= 15 is 0 Å². The van der Waals surface area contributed by atoms with Crippen molar-refractivity contribution in [1.82, 2.24) is 5.32 Å². The molecule has 4 nitrogen and oxygen atoms in total. The number of nitriles is 1. The summed E-state index contributed by atoms with van der Waals surface area (Å²) in [5, 5.41) is 13.2. The van der Waals surface area contributed by atoms with E-state index in [9.17, 15) is 10.1 Å². The van der Waals surface area contributed by atoms with Crippen molar-refractivity contribution in [2.75, 3.05) is 12.3 Å². The lowest BCUT2D eigenvalue weighted by atomic mass is 9.70. The van der Waals surface area contributed by atoms with Crippen LogP contribution >= 0.6 is 11.3 Å². The number of nitrogens with two attached hydrogens (primary N) is 1. The zero-order valence-electron chi connectivity index (χ0n) is 13.1. The topological polar surface area (TPSA) is 78.9 Å². The van der Waals surface area contributed by atoms with E-state index in [1.54, 1.807) is 0 Å². The lowest BCUT2D eigenvalue weighted by Gasteiger charge is -2.31. The minimum absolute atomic E-state index is 0.105. The molecule has 1 aromatic heterocycles. The van der Waals surface area contributed by atoms with Crippen LogP contribution in [0.5, 0.6) is 0 Å². The van der Waals surface area contributed by atoms with Crippen LogP contribution in [0.25, 0.3) is 0 Å². The first-order chi connectivity index (χ1) is 11.1. The summed E-state index contributed by atoms with van der Waals surface area (Å²) in [6, 6.07) is 12.4. The second-order valence-electron chi connectivity index (χ2n) is 5.84. The first-order valence-electron chi connectivity index (χ1n) is 7.76. The fourth-order valence-electron chi connectivity index (χ4n) is 3.30. The van der Waals surface area contributed by atoms with Crippen molar-refractivity contribution in [2.24, 2.45) is 0 Å². The van der Waals surface area contributed by atoms with E-state index in [0.717, 1.165) is 16.0 Å². The highest BCUT2D eigenvalue weighted by Crippen LogP contribution is 2.44. The molecule has 2 aromatic rings. The monoisotopic (exact) mass is 325 g/mol. The highest BCUT2D eigenvalue weighted by Gasteiger charge is 2.39. The lowest BCUT2D eigenvalue weighted by Crippen LogP contribution is -2.32. The number of nitrogens with zero attached hydrogens (tertiary/aromatic N) is 1. The molecule has 5 heteroatoms. The van der Waals surface area contributed by atoms with Gasteiger partial charge in [-0.15, -0.1) is 11.3 Å². The summed E-state index contributed by atoms with van der Waals surface area (Å²) in [6.07, 6.45) is 2.04. The fraction of sp³-hybridized carbons (Fsp3) is 0.333. The smallest absolute Gasteiger partial charge is 0.254 e. The van der Waals surface area contributed by atoms with Gasteiger partial charge in [-0.2, -0.15) is 5.26 Å². The molecule has 1 unspecified atom stereocenters. The summed E-state index contributed by atoms with van der Waals surface area (Å²) in [5.41, 5.74) is 8.26. The number of fused-ring (bicyclic) bond motifs is 1. The van der Waals surface area contributed by atoms with Gasteiger partial charge in [0.05, 0.1) is 22.0 Å². The Morgan fingerprint density at radius 2 is 2.17 bits per heavy atom. The van der Waals surface area contributed by atoms with Gasteiger partial charge in [0, 0.05) is 17.8 Å². The van der Waals surface area contributed by atoms with Crippen LogP contribution < -0.4 is 11.1 Å². The van der Waals surface area contributed by atoms with Gasteiger partial charge in [0.25, 0.3) is 5.91 Å². The van der Waals surface area contributed by atoms with Crippen LogP contribution in [0.3, 0.4) is 0 Å². The van der Waals surface area contributed by atoms with Gasteiger partial charge in [0.2, 0.25) is 0 Å². The minimum Gasteiger partial charge on any atom is -0.390 e. The summed E-state index contributed by atoms with van der Waals surface area (Å²) in [6.45, 7) is 2.47. The molecule has 0 aliphatic heterocycles. The Hall–Kier alpha value is -2.32. The van der Waals surface area contributed by atoms with Crippen LogP contribution in [0.15, 0.2) is 30.3 Å². The Bertz CT molecular complexity index is 776. The molecule has 0 radical (unpaired) electrons. The Kier molecular flexibility index (Phi) is 4.10. The number of hydrogen-bond donors (Lipinski definition) is 2. The third kappa shape index (κ3) is 2.60. The van der Waals surface area contributed by atoms with Crippen LogP contribution in [-0.2, 0) is 18.3 Å². The molecule has 1 aromatic carbocycles. The van der Waals surface area contributed by atoms with Crippen LogP contribution in [-0.4, -0.2) is 12.5 Å². The number of anilines is 1. The second-order valence-corrected chi connectivity index (χ2v) is 6.98. The predicted molar refractivity (Wildman–Crippen MR) is 92.5 cm³/mol. The minimum atomic E-state index is -0.524. The van der Waals surface area contributed by atoms with E-state index < -0.39 is 5.41 Å². The molecule has 1 atom stereocenters. The Balaban J connectivity index is 2.01. The maximum absolute atomic E-state index is 12.3. The molecule has 0 fully saturated rings. The highest BCUT2D eigenvalue weighted by atomic mass is 32.1. The molecule has 1 amide bonds. The van der Waals surface area contributed by atoms with E-state index in [0.29, 0.717) is 36.4 Å². The number of benzene rings is 1. The fourth-order valence-corrected chi connectivity index (χ4v) is 4.53. The van der Waals surface area contributed by atoms with Gasteiger partial charge in [0.1, 0.15) is 0 Å². The highest BCUT2D eigenvalue weighted by molar-refractivity contribution is 7.16. The lowest BCUT2D eigenvalue weighted by molar-refractivity contribution is 0.0956. The zero-order chi connectivity index (χ0) is 16.4. The van der Waals surface area contributed by atoms with Gasteiger partial charge in [0.15, 0.2) is 0 Å². The molecular formula is C18H19N3OS. The molecule has 3 rings (SSSR count). The van der Waals surface area contributed by atoms with Crippen molar-refractivity contribution in [3.63, 3.8) is 0 Å². The van der Waals surface area contributed by atoms with Crippen LogP contribution in [0.2, 0.25) is 0 Å². The number of hydrogen-bond acceptors (Lipinski definition) is 4. The number of nitrogens with one attached hydrogen (secondary N) is 1. The Labute approximate surface area is 139 Å². The standard InChI is InChI=1S/C18H19N3OS/c1-2-21-17(22)15-13-8-9-18(11-19,10-14(13)23-16(15)20)12-6-4-3-5-7-12/h3-7H,2,8-10,20H2,1H3,(H,21,22). The van der Waals surface area contributed by atoms with Gasteiger partial charge in [-0.3, -0.25) is 4.79 Å². The molecule has 1 aliphatic rings. The van der Waals surface area contributed by atoms with Crippen molar-refractivity contribution in [1.29, 1.82) is 5.26 Å². The number of thiophene rings is 1. The summed E-state index contributed by atoms with van der Waals surface area (Å²) in [4.78, 5) is 13.3. The number of amides is 1. The third-order valence-corrected chi connectivity index (χ3v) is 5.55. The number of carbonyl (C=O) groups is 1. The third-order valence-electron chi connectivity index (χ3n) is 4.49. The van der Waals surface area contributed by atoms with Crippen molar-refractivity contribution in [3.8, 4) is 6.07 Å². The van der Waals surface area contributed by atoms with Crippen molar-refractivity contribution in [3.05, 3.63) is 51.9 Å². The summed E-state index contributed by atoms with van der Waals surface area (Å²) >= 11 is 1.45. The molecule has 0 spiro atoms. The summed E-state index contributed by atoms with van der Waals surface area (Å²) < 4.78 is 0. The van der Waals surface area contributed by atoms with Crippen molar-refractivity contribution in [2.45, 2.75) is 31.6 Å². The van der Waals surface area contributed by atoms with E-state index in [4.69, 9.17) is 5.73 Å². The maximum atomic E-state index is 12.3. The molecule has 1 heterocycles. The van der Waals surface area contributed by atoms with Gasteiger partial charge in [-0.25, -0.2) is 0 Å². The van der Waals surface area contributed by atoms with Gasteiger partial charge >= 0.3 is 0 Å². The average Bonchev–Trinajstić information content (AvgIpc) is 2.90. The van der Waals surface area contributed by atoms with Crippen molar-refractivity contribution >= 4 is 22.2 Å². The predicted octanol–water partition coefficient (Wildman–Crippen LogP) is 3.03. The van der Waals surface area contributed by atoms with E-state index in [-0.39, 0.29) is 5.91 Å². The maximum Gasteiger partial charge on any atom is 0.254 e. The molecule has 0 bridgehead atoms. The molecule has 1 aliphatic carbocycles. The molecule has 0 saturated carbocycles. The molecule has 23 heavy (non-hydrogen) atoms. The van der Waals surface area contributed by atoms with Crippen molar-refractivity contribution < 1.29 is 4.79 Å². The first kappa shape index (κ1) is 15.6. The van der Waals surface area contributed by atoms with Gasteiger partial charge in [-0.05, 0) is 30.9 Å². The Morgan fingerprint density at radius 3 is 2.83 bits per heavy atom. The summed E-state index contributed by atoms with van der Waals surface area (Å²) in [7, 11) is 0. The van der Waals surface area contributed by atoms with Crippen LogP contribution in [0.1, 0.15) is 39.7 Å². The second kappa shape index (κ2) is 6.05. The largest absolute Gasteiger partial charge is 0.390 e. The van der Waals surface area contributed by atoms with E-state index in [2.05, 4.69) is 11.4 Å². The number of rotatable bonds is 3. The average molecular weight is 325 g/mol. The SMILES string of the molecule is CCNC(=O)c1c(N)sc2c1CCC(C#N)(c1ccccc1)C2. The first-order valence-corrected chi connectivity index (χ1v) is 8.58. The van der Waals surface area contributed by atoms with E-state index in [1.165, 1.54) is 11.3 Å². The molecular weight excluding hydrogens is 306 g/mol. The van der Waals surface area contributed by atoms with Crippen LogP contribution in [0.4, 0.5) is 5.00 Å². The number of nitrogen functional groups attached to an aromatic ring is 1.